The Balaban J connectivity index is 1.38. The summed E-state index contributed by atoms with van der Waals surface area (Å²) in [6, 6.07) is 25.3. The molecule has 0 unspecified atom stereocenters. The van der Waals surface area contributed by atoms with Crippen LogP contribution < -0.4 is 14.8 Å². The lowest BCUT2D eigenvalue weighted by atomic mass is 10.0. The van der Waals surface area contributed by atoms with E-state index in [9.17, 15) is 9.59 Å². The van der Waals surface area contributed by atoms with Crippen LogP contribution in [0, 0.1) is 0 Å². The summed E-state index contributed by atoms with van der Waals surface area (Å²) in [6.07, 6.45) is 5.60. The van der Waals surface area contributed by atoms with E-state index in [0.29, 0.717) is 31.6 Å². The number of benzene rings is 3. The number of hydrogen-bond donors (Lipinski definition) is 1. The van der Waals surface area contributed by atoms with Crippen LogP contribution in [-0.2, 0) is 29.0 Å². The highest BCUT2D eigenvalue weighted by atomic mass is 16.7. The minimum atomic E-state index is -0.590. The SMILES string of the molecule is O=C(NC1CCCC1)[C@@H](Cc1ccccc1)N(Cc1ccccc1)C(=O)CCc1ccc2c(c1)OCO2. The van der Waals surface area contributed by atoms with Gasteiger partial charge in [0, 0.05) is 25.4 Å². The maximum absolute atomic E-state index is 13.8. The van der Waals surface area contributed by atoms with E-state index in [1.807, 2.05) is 78.9 Å². The average Bonchev–Trinajstić information content (AvgIpc) is 3.62. The number of nitrogens with one attached hydrogen (secondary N) is 1. The number of fused-ring (bicyclic) bond motifs is 1. The standard InChI is InChI=1S/C31H34N2O4/c34-30(18-16-24-15-17-28-29(20-24)37-22-36-28)33(21-25-11-5-2-6-12-25)27(19-23-9-3-1-4-10-23)31(35)32-26-13-7-8-14-26/h1-6,9-12,15,17,20,26-27H,7-8,13-14,16,18-19,21-22H2,(H,32,35)/t27-/m1/s1. The highest BCUT2D eigenvalue weighted by Gasteiger charge is 2.32. The molecule has 3 aromatic rings. The molecule has 1 saturated carbocycles. The minimum absolute atomic E-state index is 0.0379. The third-order valence-corrected chi connectivity index (χ3v) is 7.23. The van der Waals surface area contributed by atoms with Crippen LogP contribution in [0.5, 0.6) is 11.5 Å². The fraction of sp³-hybridized carbons (Fsp3) is 0.355. The van der Waals surface area contributed by atoms with Crippen LogP contribution in [0.1, 0.15) is 48.8 Å². The lowest BCUT2D eigenvalue weighted by Crippen LogP contribution is -2.52. The number of nitrogens with zero attached hydrogens (tertiary/aromatic N) is 1. The smallest absolute Gasteiger partial charge is 0.243 e. The summed E-state index contributed by atoms with van der Waals surface area (Å²) in [6.45, 7) is 0.607. The summed E-state index contributed by atoms with van der Waals surface area (Å²) >= 11 is 0. The number of hydrogen-bond acceptors (Lipinski definition) is 4. The number of carbonyl (C=O) groups excluding carboxylic acids is 2. The Bertz CT molecular complexity index is 1190. The van der Waals surface area contributed by atoms with E-state index in [1.54, 1.807) is 4.90 Å². The van der Waals surface area contributed by atoms with Crippen molar-refractivity contribution in [2.24, 2.45) is 0 Å². The summed E-state index contributed by atoms with van der Waals surface area (Å²) < 4.78 is 10.9. The minimum Gasteiger partial charge on any atom is -0.454 e. The first kappa shape index (κ1) is 24.9. The highest BCUT2D eigenvalue weighted by Crippen LogP contribution is 2.33. The van der Waals surface area contributed by atoms with Crippen LogP contribution in [-0.4, -0.2) is 35.6 Å². The number of aryl methyl sites for hydroxylation is 1. The first-order valence-corrected chi connectivity index (χ1v) is 13.2. The Morgan fingerprint density at radius 1 is 0.838 bits per heavy atom. The van der Waals surface area contributed by atoms with Gasteiger partial charge in [0.1, 0.15) is 6.04 Å². The molecule has 2 aliphatic rings. The van der Waals surface area contributed by atoms with Crippen molar-refractivity contribution in [2.45, 2.75) is 63.6 Å². The van der Waals surface area contributed by atoms with Gasteiger partial charge in [-0.25, -0.2) is 0 Å². The van der Waals surface area contributed by atoms with Crippen molar-refractivity contribution in [2.75, 3.05) is 6.79 Å². The van der Waals surface area contributed by atoms with E-state index in [0.717, 1.165) is 48.1 Å². The van der Waals surface area contributed by atoms with Crippen molar-refractivity contribution >= 4 is 11.8 Å². The van der Waals surface area contributed by atoms with E-state index >= 15 is 0 Å². The average molecular weight is 499 g/mol. The zero-order valence-corrected chi connectivity index (χ0v) is 21.1. The molecule has 0 radical (unpaired) electrons. The third-order valence-electron chi connectivity index (χ3n) is 7.23. The molecule has 0 aromatic heterocycles. The quantitative estimate of drug-likeness (QED) is 0.425. The van der Waals surface area contributed by atoms with Crippen molar-refractivity contribution in [3.8, 4) is 11.5 Å². The van der Waals surface area contributed by atoms with E-state index in [2.05, 4.69) is 5.32 Å². The van der Waals surface area contributed by atoms with Gasteiger partial charge in [-0.05, 0) is 48.1 Å². The Labute approximate surface area is 218 Å². The molecule has 1 aliphatic carbocycles. The molecule has 1 N–H and O–H groups in total. The summed E-state index contributed by atoms with van der Waals surface area (Å²) in [5.74, 6) is 1.34. The molecule has 1 aliphatic heterocycles. The molecule has 3 aromatic carbocycles. The zero-order valence-electron chi connectivity index (χ0n) is 21.1. The van der Waals surface area contributed by atoms with Gasteiger partial charge in [0.2, 0.25) is 18.6 Å². The van der Waals surface area contributed by atoms with Gasteiger partial charge in [-0.1, -0.05) is 79.6 Å². The molecule has 0 saturated heterocycles. The third kappa shape index (κ3) is 6.50. The van der Waals surface area contributed by atoms with Crippen molar-refractivity contribution < 1.29 is 19.1 Å². The number of ether oxygens (including phenoxy) is 2. The predicted molar refractivity (Wildman–Crippen MR) is 142 cm³/mol. The number of rotatable bonds is 10. The molecular formula is C31H34N2O4. The number of amides is 2. The number of carbonyl (C=O) groups is 2. The molecule has 37 heavy (non-hydrogen) atoms. The molecule has 0 bridgehead atoms. The van der Waals surface area contributed by atoms with Crippen molar-refractivity contribution in [3.63, 3.8) is 0 Å². The summed E-state index contributed by atoms with van der Waals surface area (Å²) in [7, 11) is 0. The van der Waals surface area contributed by atoms with Gasteiger partial charge in [0.25, 0.3) is 0 Å². The second-order valence-corrected chi connectivity index (χ2v) is 9.89. The molecule has 5 rings (SSSR count). The van der Waals surface area contributed by atoms with Gasteiger partial charge in [-0.3, -0.25) is 9.59 Å². The summed E-state index contributed by atoms with van der Waals surface area (Å²) in [4.78, 5) is 29.3. The maximum atomic E-state index is 13.8. The second-order valence-electron chi connectivity index (χ2n) is 9.89. The van der Waals surface area contributed by atoms with Crippen LogP contribution in [0.2, 0.25) is 0 Å². The molecule has 1 atom stereocenters. The van der Waals surface area contributed by atoms with Gasteiger partial charge < -0.3 is 19.7 Å². The topological polar surface area (TPSA) is 67.9 Å². The first-order chi connectivity index (χ1) is 18.2. The van der Waals surface area contributed by atoms with Crippen LogP contribution in [0.3, 0.4) is 0 Å². The van der Waals surface area contributed by atoms with Crippen LogP contribution in [0.4, 0.5) is 0 Å². The fourth-order valence-corrected chi connectivity index (χ4v) is 5.19. The van der Waals surface area contributed by atoms with Crippen LogP contribution >= 0.6 is 0 Å². The monoisotopic (exact) mass is 498 g/mol. The van der Waals surface area contributed by atoms with Crippen molar-refractivity contribution in [1.29, 1.82) is 0 Å². The Morgan fingerprint density at radius 2 is 1.51 bits per heavy atom. The Hall–Kier alpha value is -3.80. The highest BCUT2D eigenvalue weighted by molar-refractivity contribution is 5.88. The van der Waals surface area contributed by atoms with Gasteiger partial charge in [-0.15, -0.1) is 0 Å². The summed E-state index contributed by atoms with van der Waals surface area (Å²) in [5, 5.41) is 3.26. The molecule has 6 nitrogen and oxygen atoms in total. The van der Waals surface area contributed by atoms with Crippen LogP contribution in [0.25, 0.3) is 0 Å². The molecule has 2 amide bonds. The molecule has 1 fully saturated rings. The van der Waals surface area contributed by atoms with Gasteiger partial charge in [0.05, 0.1) is 0 Å². The Morgan fingerprint density at radius 3 is 2.24 bits per heavy atom. The zero-order chi connectivity index (χ0) is 25.5. The van der Waals surface area contributed by atoms with Gasteiger partial charge in [0.15, 0.2) is 11.5 Å². The summed E-state index contributed by atoms with van der Waals surface area (Å²) in [5.41, 5.74) is 3.05. The van der Waals surface area contributed by atoms with Crippen molar-refractivity contribution in [3.05, 3.63) is 95.6 Å². The molecule has 192 valence electrons. The van der Waals surface area contributed by atoms with E-state index in [1.165, 1.54) is 0 Å². The molecule has 0 spiro atoms. The van der Waals surface area contributed by atoms with Gasteiger partial charge in [-0.2, -0.15) is 0 Å². The Kier molecular flexibility index (Phi) is 8.04. The van der Waals surface area contributed by atoms with E-state index in [-0.39, 0.29) is 24.6 Å². The lowest BCUT2D eigenvalue weighted by molar-refractivity contribution is -0.141. The molecular weight excluding hydrogens is 464 g/mol. The van der Waals surface area contributed by atoms with E-state index in [4.69, 9.17) is 9.47 Å². The normalized spacial score (nSPS) is 15.4. The fourth-order valence-electron chi connectivity index (χ4n) is 5.19. The molecule has 1 heterocycles. The maximum Gasteiger partial charge on any atom is 0.243 e. The lowest BCUT2D eigenvalue weighted by Gasteiger charge is -2.32. The van der Waals surface area contributed by atoms with Crippen LogP contribution in [0.15, 0.2) is 78.9 Å². The first-order valence-electron chi connectivity index (χ1n) is 13.2. The largest absolute Gasteiger partial charge is 0.454 e. The molecule has 6 heteroatoms. The van der Waals surface area contributed by atoms with Crippen molar-refractivity contribution in [1.82, 2.24) is 10.2 Å². The predicted octanol–water partition coefficient (Wildman–Crippen LogP) is 5.05. The second kappa shape index (κ2) is 12.0. The van der Waals surface area contributed by atoms with Gasteiger partial charge >= 0.3 is 0 Å². The van der Waals surface area contributed by atoms with E-state index < -0.39 is 6.04 Å².